The van der Waals surface area contributed by atoms with Crippen LogP contribution < -0.4 is 20.8 Å². The van der Waals surface area contributed by atoms with Crippen molar-refractivity contribution in [1.29, 1.82) is 0 Å². The van der Waals surface area contributed by atoms with Gasteiger partial charge < -0.3 is 15.4 Å². The molecule has 9 nitrogen and oxygen atoms in total. The third-order valence-corrected chi connectivity index (χ3v) is 8.41. The molecule has 3 aromatic carbocycles. The smallest absolute Gasteiger partial charge is 0.355 e. The number of ether oxygens (including phenoxy) is 1. The Hall–Kier alpha value is -4.54. The van der Waals surface area contributed by atoms with Gasteiger partial charge in [0.15, 0.2) is 0 Å². The Balaban J connectivity index is 1.13. The molecule has 3 N–H and O–H groups in total. The number of para-hydroxylation sites is 1. The number of hydrazone groups is 1. The van der Waals surface area contributed by atoms with E-state index in [1.165, 1.54) is 24.0 Å². The molecule has 11 heteroatoms. The fraction of sp³-hybridized carbons (Fsp3) is 0.194. The first kappa shape index (κ1) is 29.0. The van der Waals surface area contributed by atoms with Crippen LogP contribution in [0.4, 0.5) is 5.69 Å². The predicted molar refractivity (Wildman–Crippen MR) is 163 cm³/mol. The van der Waals surface area contributed by atoms with Crippen LogP contribution in [0.5, 0.6) is 5.75 Å². The molecule has 1 saturated carbocycles. The van der Waals surface area contributed by atoms with E-state index in [4.69, 9.17) is 16.3 Å². The van der Waals surface area contributed by atoms with Gasteiger partial charge >= 0.3 is 17.8 Å². The average Bonchev–Trinajstić information content (AvgIpc) is 3.35. The summed E-state index contributed by atoms with van der Waals surface area (Å²) in [5.41, 5.74) is 3.27. The summed E-state index contributed by atoms with van der Waals surface area (Å²) in [6.07, 6.45) is 6.51. The summed E-state index contributed by atoms with van der Waals surface area (Å²) in [5.74, 6) is -2.52. The molecule has 0 spiro atoms. The predicted octanol–water partition coefficient (Wildman–Crippen LogP) is 5.93. The van der Waals surface area contributed by atoms with E-state index in [0.29, 0.717) is 21.2 Å². The molecule has 5 rings (SSSR count). The van der Waals surface area contributed by atoms with E-state index in [1.807, 2.05) is 24.3 Å². The van der Waals surface area contributed by atoms with E-state index in [1.54, 1.807) is 48.5 Å². The van der Waals surface area contributed by atoms with E-state index >= 15 is 0 Å². The van der Waals surface area contributed by atoms with Crippen LogP contribution in [0, 0.1) is 0 Å². The van der Waals surface area contributed by atoms with Crippen molar-refractivity contribution in [2.75, 3.05) is 5.32 Å². The van der Waals surface area contributed by atoms with Crippen LogP contribution in [0.15, 0.2) is 77.9 Å². The SMILES string of the molecule is O=C(N/N=C/c1ccc(OC(=O)c2sc3ccccc3c2Cl)cc1)C(=O)Nc1ccccc1C(=O)NC1CCCCC1. The van der Waals surface area contributed by atoms with Crippen LogP contribution in [0.25, 0.3) is 10.1 Å². The maximum atomic E-state index is 12.8. The van der Waals surface area contributed by atoms with Crippen molar-refractivity contribution in [2.24, 2.45) is 5.10 Å². The molecule has 0 aliphatic heterocycles. The zero-order valence-electron chi connectivity index (χ0n) is 22.4. The highest BCUT2D eigenvalue weighted by molar-refractivity contribution is 7.21. The van der Waals surface area contributed by atoms with Gasteiger partial charge in [-0.05, 0) is 60.9 Å². The molecule has 0 bridgehead atoms. The minimum atomic E-state index is -1.00. The van der Waals surface area contributed by atoms with Crippen molar-refractivity contribution in [3.8, 4) is 5.75 Å². The summed E-state index contributed by atoms with van der Waals surface area (Å²) in [6, 6.07) is 20.5. The lowest BCUT2D eigenvalue weighted by molar-refractivity contribution is -0.136. The second-order valence-corrected chi connectivity index (χ2v) is 11.1. The van der Waals surface area contributed by atoms with Crippen LogP contribution in [0.1, 0.15) is 57.7 Å². The van der Waals surface area contributed by atoms with E-state index in [-0.39, 0.29) is 23.2 Å². The number of benzene rings is 3. The quantitative estimate of drug-likeness (QED) is 0.0795. The lowest BCUT2D eigenvalue weighted by Gasteiger charge is -2.23. The lowest BCUT2D eigenvalue weighted by Crippen LogP contribution is -2.37. The van der Waals surface area contributed by atoms with Gasteiger partial charge in [0, 0.05) is 16.1 Å². The molecule has 1 fully saturated rings. The topological polar surface area (TPSA) is 126 Å². The van der Waals surface area contributed by atoms with Gasteiger partial charge in [-0.3, -0.25) is 14.4 Å². The highest BCUT2D eigenvalue weighted by atomic mass is 35.5. The van der Waals surface area contributed by atoms with Crippen LogP contribution in [0.3, 0.4) is 0 Å². The number of nitrogens with one attached hydrogen (secondary N) is 3. The number of thiophene rings is 1. The van der Waals surface area contributed by atoms with Crippen molar-refractivity contribution in [3.05, 3.63) is 93.8 Å². The van der Waals surface area contributed by atoms with Gasteiger partial charge in [0.25, 0.3) is 5.91 Å². The number of hydrogen-bond donors (Lipinski definition) is 3. The van der Waals surface area contributed by atoms with Gasteiger partial charge in [-0.2, -0.15) is 5.10 Å². The van der Waals surface area contributed by atoms with Crippen molar-refractivity contribution in [3.63, 3.8) is 0 Å². The molecule has 1 aromatic heterocycles. The second-order valence-electron chi connectivity index (χ2n) is 9.71. The van der Waals surface area contributed by atoms with Crippen LogP contribution >= 0.6 is 22.9 Å². The molecule has 4 aromatic rings. The van der Waals surface area contributed by atoms with Gasteiger partial charge in [0.05, 0.1) is 22.5 Å². The molecule has 1 aliphatic rings. The molecule has 1 heterocycles. The molecule has 0 saturated heterocycles. The van der Waals surface area contributed by atoms with Crippen molar-refractivity contribution >= 4 is 68.6 Å². The van der Waals surface area contributed by atoms with Gasteiger partial charge in [0.2, 0.25) is 0 Å². The Bertz CT molecular complexity index is 1660. The standard InChI is InChI=1S/C31H27ClN4O5S/c32-26-23-11-5-7-13-25(23)42-27(26)31(40)41-21-16-14-19(15-17-21)18-33-36-30(39)29(38)35-24-12-6-4-10-22(24)28(37)34-20-8-2-1-3-9-20/h4-7,10-18,20H,1-3,8-9H2,(H,34,37)(H,35,38)(H,36,39)/b33-18+. The minimum Gasteiger partial charge on any atom is -0.422 e. The summed E-state index contributed by atoms with van der Waals surface area (Å²) in [5, 5.41) is 10.5. The number of rotatable bonds is 7. The highest BCUT2D eigenvalue weighted by Gasteiger charge is 2.21. The fourth-order valence-corrected chi connectivity index (χ4v) is 6.00. The molecule has 42 heavy (non-hydrogen) atoms. The maximum absolute atomic E-state index is 12.8. The van der Waals surface area contributed by atoms with Crippen LogP contribution in [-0.2, 0) is 9.59 Å². The number of carbonyl (C=O) groups excluding carboxylic acids is 4. The molecular formula is C31H27ClN4O5S. The number of fused-ring (bicyclic) bond motifs is 1. The zero-order chi connectivity index (χ0) is 29.5. The molecule has 214 valence electrons. The monoisotopic (exact) mass is 602 g/mol. The number of anilines is 1. The Morgan fingerprint density at radius 2 is 1.60 bits per heavy atom. The number of amides is 3. The van der Waals surface area contributed by atoms with Crippen molar-refractivity contribution in [1.82, 2.24) is 10.7 Å². The maximum Gasteiger partial charge on any atom is 0.355 e. The lowest BCUT2D eigenvalue weighted by atomic mass is 9.95. The number of carbonyl (C=O) groups is 4. The first-order chi connectivity index (χ1) is 20.4. The Kier molecular flexibility index (Phi) is 9.25. The van der Waals surface area contributed by atoms with Gasteiger partial charge in [-0.1, -0.05) is 61.2 Å². The summed E-state index contributed by atoms with van der Waals surface area (Å²) in [4.78, 5) is 50.6. The molecule has 0 unspecified atom stereocenters. The fourth-order valence-electron chi connectivity index (χ4n) is 4.62. The largest absolute Gasteiger partial charge is 0.422 e. The summed E-state index contributed by atoms with van der Waals surface area (Å²) >= 11 is 7.62. The highest BCUT2D eigenvalue weighted by Crippen LogP contribution is 2.35. The van der Waals surface area contributed by atoms with Crippen molar-refractivity contribution < 1.29 is 23.9 Å². The molecular weight excluding hydrogens is 576 g/mol. The summed E-state index contributed by atoms with van der Waals surface area (Å²) < 4.78 is 6.35. The second kappa shape index (κ2) is 13.4. The van der Waals surface area contributed by atoms with E-state index in [9.17, 15) is 19.2 Å². The third-order valence-electron chi connectivity index (χ3n) is 6.76. The van der Waals surface area contributed by atoms with Gasteiger partial charge in [0.1, 0.15) is 10.6 Å². The number of nitrogens with zero attached hydrogens (tertiary/aromatic N) is 1. The van der Waals surface area contributed by atoms with E-state index < -0.39 is 17.8 Å². The molecule has 3 amide bonds. The Morgan fingerprint density at radius 1 is 0.881 bits per heavy atom. The Labute approximate surface area is 250 Å². The molecule has 0 atom stereocenters. The summed E-state index contributed by atoms with van der Waals surface area (Å²) in [7, 11) is 0. The number of esters is 1. The minimum absolute atomic E-state index is 0.105. The van der Waals surface area contributed by atoms with Crippen LogP contribution in [0.2, 0.25) is 5.02 Å². The number of halogens is 1. The van der Waals surface area contributed by atoms with Crippen molar-refractivity contribution in [2.45, 2.75) is 38.1 Å². The zero-order valence-corrected chi connectivity index (χ0v) is 24.0. The molecule has 1 aliphatic carbocycles. The number of hydrogen-bond acceptors (Lipinski definition) is 7. The van der Waals surface area contributed by atoms with Crippen LogP contribution in [-0.4, -0.2) is 35.9 Å². The third kappa shape index (κ3) is 7.02. The Morgan fingerprint density at radius 3 is 2.36 bits per heavy atom. The first-order valence-corrected chi connectivity index (χ1v) is 14.6. The first-order valence-electron chi connectivity index (χ1n) is 13.4. The molecule has 0 radical (unpaired) electrons. The average molecular weight is 603 g/mol. The normalized spacial score (nSPS) is 13.5. The van der Waals surface area contributed by atoms with E-state index in [2.05, 4.69) is 21.2 Å². The van der Waals surface area contributed by atoms with Gasteiger partial charge in [-0.25, -0.2) is 10.2 Å². The van der Waals surface area contributed by atoms with E-state index in [0.717, 1.165) is 35.8 Å². The van der Waals surface area contributed by atoms with Gasteiger partial charge in [-0.15, -0.1) is 11.3 Å². The summed E-state index contributed by atoms with van der Waals surface area (Å²) in [6.45, 7) is 0.